The van der Waals surface area contributed by atoms with Crippen LogP contribution in [0.1, 0.15) is 16.1 Å². The Morgan fingerprint density at radius 1 is 1.25 bits per heavy atom. The number of amides is 1. The van der Waals surface area contributed by atoms with E-state index >= 15 is 0 Å². The van der Waals surface area contributed by atoms with Gasteiger partial charge in [0.15, 0.2) is 17.1 Å². The van der Waals surface area contributed by atoms with Gasteiger partial charge in [-0.05, 0) is 25.1 Å². The maximum absolute atomic E-state index is 12.6. The van der Waals surface area contributed by atoms with Gasteiger partial charge in [0, 0.05) is 12.4 Å². The topological polar surface area (TPSA) is 78.3 Å². The number of carbonyl (C=O) groups is 1. The highest BCUT2D eigenvalue weighted by atomic mass is 16.5. The zero-order chi connectivity index (χ0) is 17.3. The Hall–Kier alpha value is -3.09. The summed E-state index contributed by atoms with van der Waals surface area (Å²) in [6.07, 6.45) is 1.61. The lowest BCUT2D eigenvalue weighted by molar-refractivity contribution is 0.102. The van der Waals surface area contributed by atoms with Crippen LogP contribution >= 0.6 is 0 Å². The minimum Gasteiger partial charge on any atom is -0.493 e. The molecule has 0 fully saturated rings. The highest BCUT2D eigenvalue weighted by Gasteiger charge is 2.17. The summed E-state index contributed by atoms with van der Waals surface area (Å²) >= 11 is 0. The van der Waals surface area contributed by atoms with Crippen molar-refractivity contribution in [3.05, 3.63) is 41.7 Å². The third kappa shape index (κ3) is 2.64. The van der Waals surface area contributed by atoms with Crippen LogP contribution in [0.25, 0.3) is 11.0 Å². The fourth-order valence-electron chi connectivity index (χ4n) is 2.64. The third-order valence-corrected chi connectivity index (χ3v) is 3.77. The summed E-state index contributed by atoms with van der Waals surface area (Å²) in [6.45, 7) is 1.90. The Morgan fingerprint density at radius 2 is 2.04 bits per heavy atom. The van der Waals surface area contributed by atoms with Crippen LogP contribution in [0.4, 0.5) is 5.69 Å². The smallest absolute Gasteiger partial charge is 0.259 e. The van der Waals surface area contributed by atoms with Gasteiger partial charge in [0.2, 0.25) is 0 Å². The molecule has 0 unspecified atom stereocenters. The fraction of sp³-hybridized carbons (Fsp3) is 0.235. The number of nitrogens with zero attached hydrogens (tertiary/aromatic N) is 3. The van der Waals surface area contributed by atoms with Gasteiger partial charge in [-0.1, -0.05) is 6.07 Å². The summed E-state index contributed by atoms with van der Waals surface area (Å²) < 4.78 is 12.2. The predicted molar refractivity (Wildman–Crippen MR) is 90.7 cm³/mol. The average Bonchev–Trinajstić information content (AvgIpc) is 2.87. The summed E-state index contributed by atoms with van der Waals surface area (Å²) in [5.74, 6) is 0.597. The predicted octanol–water partition coefficient (Wildman–Crippen LogP) is 2.55. The van der Waals surface area contributed by atoms with Crippen LogP contribution in [-0.4, -0.2) is 34.9 Å². The number of anilines is 1. The number of methoxy groups -OCH3 is 2. The van der Waals surface area contributed by atoms with Crippen molar-refractivity contribution >= 4 is 22.6 Å². The van der Waals surface area contributed by atoms with Gasteiger partial charge in [-0.15, -0.1) is 0 Å². The minimum atomic E-state index is -0.298. The molecule has 1 amide bonds. The molecule has 3 rings (SSSR count). The molecule has 0 aliphatic rings. The number of fused-ring (bicyclic) bond motifs is 1. The second-order valence-electron chi connectivity index (χ2n) is 5.30. The van der Waals surface area contributed by atoms with Crippen LogP contribution in [0.3, 0.4) is 0 Å². The number of carbonyl (C=O) groups excluding carboxylic acids is 1. The lowest BCUT2D eigenvalue weighted by Crippen LogP contribution is -2.13. The summed E-state index contributed by atoms with van der Waals surface area (Å²) in [6, 6.07) is 7.01. The molecule has 7 heteroatoms. The molecule has 0 aliphatic carbocycles. The van der Waals surface area contributed by atoms with Gasteiger partial charge < -0.3 is 14.8 Å². The van der Waals surface area contributed by atoms with E-state index in [1.807, 2.05) is 20.0 Å². The first-order valence-corrected chi connectivity index (χ1v) is 7.37. The minimum absolute atomic E-state index is 0.298. The van der Waals surface area contributed by atoms with Gasteiger partial charge >= 0.3 is 0 Å². The molecular weight excluding hydrogens is 308 g/mol. The van der Waals surface area contributed by atoms with Gasteiger partial charge in [-0.2, -0.15) is 5.10 Å². The quantitative estimate of drug-likeness (QED) is 0.797. The number of hydrogen-bond donors (Lipinski definition) is 1. The molecule has 2 heterocycles. The zero-order valence-corrected chi connectivity index (χ0v) is 14.0. The Kier molecular flexibility index (Phi) is 4.07. The first-order valence-electron chi connectivity index (χ1n) is 7.37. The molecule has 0 spiro atoms. The van der Waals surface area contributed by atoms with Crippen molar-refractivity contribution in [3.8, 4) is 11.5 Å². The van der Waals surface area contributed by atoms with Crippen LogP contribution in [0.15, 0.2) is 30.5 Å². The summed E-state index contributed by atoms with van der Waals surface area (Å²) in [7, 11) is 4.87. The molecule has 0 bridgehead atoms. The molecule has 0 atom stereocenters. The van der Waals surface area contributed by atoms with E-state index in [2.05, 4.69) is 15.4 Å². The molecule has 1 N–H and O–H groups in total. The molecule has 0 saturated heterocycles. The molecule has 1 aromatic carbocycles. The van der Waals surface area contributed by atoms with Gasteiger partial charge in [0.05, 0.1) is 37.4 Å². The van der Waals surface area contributed by atoms with Crippen molar-refractivity contribution in [2.45, 2.75) is 6.92 Å². The number of aryl methyl sites for hydroxylation is 2. The summed E-state index contributed by atoms with van der Waals surface area (Å²) in [4.78, 5) is 16.9. The van der Waals surface area contributed by atoms with Crippen LogP contribution in [-0.2, 0) is 7.05 Å². The van der Waals surface area contributed by atoms with Crippen molar-refractivity contribution < 1.29 is 14.3 Å². The maximum atomic E-state index is 12.6. The van der Waals surface area contributed by atoms with E-state index in [0.29, 0.717) is 22.7 Å². The van der Waals surface area contributed by atoms with E-state index in [-0.39, 0.29) is 5.91 Å². The number of para-hydroxylation sites is 1. The van der Waals surface area contributed by atoms with Gasteiger partial charge in [0.1, 0.15) is 0 Å². The Balaban J connectivity index is 1.94. The largest absolute Gasteiger partial charge is 0.493 e. The first kappa shape index (κ1) is 15.8. The Labute approximate surface area is 139 Å². The second kappa shape index (κ2) is 6.19. The third-order valence-electron chi connectivity index (χ3n) is 3.77. The SMILES string of the molecule is COc1cccc(C(=O)Nc2cnc3c(c2)c(C)nn3C)c1OC. The standard InChI is InChI=1S/C17H18N4O3/c1-10-13-8-11(9-18-16(13)21(2)20-10)19-17(22)12-6-5-7-14(23-3)15(12)24-4/h5-9H,1-4H3,(H,19,22). The van der Waals surface area contributed by atoms with Crippen molar-refractivity contribution in [1.82, 2.24) is 14.8 Å². The number of pyridine rings is 1. The van der Waals surface area contributed by atoms with Crippen LogP contribution in [0.2, 0.25) is 0 Å². The number of rotatable bonds is 4. The van der Waals surface area contributed by atoms with E-state index in [4.69, 9.17) is 9.47 Å². The highest BCUT2D eigenvalue weighted by molar-refractivity contribution is 6.07. The molecule has 7 nitrogen and oxygen atoms in total. The lowest BCUT2D eigenvalue weighted by Gasteiger charge is -2.12. The molecule has 2 aromatic heterocycles. The Bertz CT molecular complexity index is 918. The van der Waals surface area contributed by atoms with Crippen molar-refractivity contribution in [3.63, 3.8) is 0 Å². The van der Waals surface area contributed by atoms with Gasteiger partial charge in [-0.3, -0.25) is 9.48 Å². The van der Waals surface area contributed by atoms with Crippen molar-refractivity contribution in [2.24, 2.45) is 7.05 Å². The van der Waals surface area contributed by atoms with Crippen molar-refractivity contribution in [2.75, 3.05) is 19.5 Å². The number of ether oxygens (including phenoxy) is 2. The van der Waals surface area contributed by atoms with E-state index < -0.39 is 0 Å². The number of aromatic nitrogens is 3. The molecule has 3 aromatic rings. The summed E-state index contributed by atoms with van der Waals surface area (Å²) in [5, 5.41) is 8.06. The number of nitrogens with one attached hydrogen (secondary N) is 1. The van der Waals surface area contributed by atoms with Gasteiger partial charge in [-0.25, -0.2) is 4.98 Å². The average molecular weight is 326 g/mol. The van der Waals surface area contributed by atoms with Crippen molar-refractivity contribution in [1.29, 1.82) is 0 Å². The first-order chi connectivity index (χ1) is 11.5. The molecule has 24 heavy (non-hydrogen) atoms. The maximum Gasteiger partial charge on any atom is 0.259 e. The monoisotopic (exact) mass is 326 g/mol. The summed E-state index contributed by atoms with van der Waals surface area (Å²) in [5.41, 5.74) is 2.60. The van der Waals surface area contributed by atoms with Crippen LogP contribution in [0, 0.1) is 6.92 Å². The van der Waals surface area contributed by atoms with Crippen LogP contribution < -0.4 is 14.8 Å². The van der Waals surface area contributed by atoms with E-state index in [1.54, 1.807) is 29.1 Å². The zero-order valence-electron chi connectivity index (χ0n) is 14.0. The molecule has 0 radical (unpaired) electrons. The van der Waals surface area contributed by atoms with E-state index in [0.717, 1.165) is 16.7 Å². The van der Waals surface area contributed by atoms with Gasteiger partial charge in [0.25, 0.3) is 5.91 Å². The molecule has 124 valence electrons. The normalized spacial score (nSPS) is 10.7. The highest BCUT2D eigenvalue weighted by Crippen LogP contribution is 2.31. The van der Waals surface area contributed by atoms with E-state index in [9.17, 15) is 4.79 Å². The number of benzene rings is 1. The molecule has 0 aliphatic heterocycles. The molecular formula is C17H18N4O3. The lowest BCUT2D eigenvalue weighted by atomic mass is 10.1. The second-order valence-corrected chi connectivity index (χ2v) is 5.30. The molecule has 0 saturated carbocycles. The van der Waals surface area contributed by atoms with Crippen LogP contribution in [0.5, 0.6) is 11.5 Å². The Morgan fingerprint density at radius 3 is 2.75 bits per heavy atom. The van der Waals surface area contributed by atoms with E-state index in [1.165, 1.54) is 14.2 Å². The fourth-order valence-corrected chi connectivity index (χ4v) is 2.64. The number of hydrogen-bond acceptors (Lipinski definition) is 5.